The normalized spacial score (nSPS) is 22.6. The lowest BCUT2D eigenvalue weighted by Crippen LogP contribution is -2.28. The molecule has 1 aromatic rings. The number of likely N-dealkylation sites (tertiary alicyclic amines) is 1. The van der Waals surface area contributed by atoms with E-state index in [2.05, 4.69) is 42.9 Å². The molecular weight excluding hydrogens is 242 g/mol. The molecule has 3 nitrogen and oxygen atoms in total. The SMILES string of the molecule is CCNCC1CCN(C(C)c2sc(C)nc2C)C1. The zero-order valence-electron chi connectivity index (χ0n) is 12.0. The van der Waals surface area contributed by atoms with Crippen molar-refractivity contribution in [3.8, 4) is 0 Å². The quantitative estimate of drug-likeness (QED) is 0.889. The van der Waals surface area contributed by atoms with Crippen LogP contribution in [-0.2, 0) is 0 Å². The maximum Gasteiger partial charge on any atom is 0.0900 e. The molecule has 0 saturated carbocycles. The smallest absolute Gasteiger partial charge is 0.0900 e. The Hall–Kier alpha value is -0.450. The zero-order chi connectivity index (χ0) is 13.1. The maximum atomic E-state index is 4.55. The van der Waals surface area contributed by atoms with Gasteiger partial charge in [0.2, 0.25) is 0 Å². The van der Waals surface area contributed by atoms with Crippen molar-refractivity contribution in [2.75, 3.05) is 26.2 Å². The van der Waals surface area contributed by atoms with Crippen molar-refractivity contribution in [2.24, 2.45) is 5.92 Å². The molecule has 0 spiro atoms. The number of aryl methyl sites for hydroxylation is 2. The van der Waals surface area contributed by atoms with Crippen LogP contribution in [0.5, 0.6) is 0 Å². The molecule has 2 atom stereocenters. The molecule has 2 rings (SSSR count). The highest BCUT2D eigenvalue weighted by atomic mass is 32.1. The van der Waals surface area contributed by atoms with Gasteiger partial charge < -0.3 is 5.32 Å². The molecule has 1 aliphatic heterocycles. The molecule has 102 valence electrons. The number of rotatable bonds is 5. The van der Waals surface area contributed by atoms with E-state index >= 15 is 0 Å². The van der Waals surface area contributed by atoms with Crippen LogP contribution in [-0.4, -0.2) is 36.1 Å². The van der Waals surface area contributed by atoms with Gasteiger partial charge in [-0.15, -0.1) is 11.3 Å². The molecule has 0 bridgehead atoms. The summed E-state index contributed by atoms with van der Waals surface area (Å²) < 4.78 is 0. The molecule has 1 aromatic heterocycles. The van der Waals surface area contributed by atoms with Gasteiger partial charge in [-0.1, -0.05) is 6.92 Å². The number of aromatic nitrogens is 1. The number of nitrogens with zero attached hydrogens (tertiary/aromatic N) is 2. The molecule has 1 N–H and O–H groups in total. The fraction of sp³-hybridized carbons (Fsp3) is 0.786. The summed E-state index contributed by atoms with van der Waals surface area (Å²) in [6.07, 6.45) is 1.33. The fourth-order valence-corrected chi connectivity index (χ4v) is 3.84. The van der Waals surface area contributed by atoms with Crippen LogP contribution in [0.15, 0.2) is 0 Å². The standard InChI is InChI=1S/C14H25N3S/c1-5-15-8-13-6-7-17(9-13)11(3)14-10(2)16-12(4)18-14/h11,13,15H,5-9H2,1-4H3. The van der Waals surface area contributed by atoms with E-state index in [0.717, 1.165) is 12.5 Å². The molecule has 18 heavy (non-hydrogen) atoms. The van der Waals surface area contributed by atoms with Crippen molar-refractivity contribution >= 4 is 11.3 Å². The average Bonchev–Trinajstić information content (AvgIpc) is 2.92. The molecule has 1 fully saturated rings. The van der Waals surface area contributed by atoms with Gasteiger partial charge in [-0.2, -0.15) is 0 Å². The molecule has 2 unspecified atom stereocenters. The minimum atomic E-state index is 0.530. The lowest BCUT2D eigenvalue weighted by atomic mass is 10.1. The van der Waals surface area contributed by atoms with E-state index in [1.165, 1.54) is 41.6 Å². The Morgan fingerprint density at radius 2 is 2.28 bits per heavy atom. The molecule has 0 aromatic carbocycles. The Bertz CT molecular complexity index is 388. The van der Waals surface area contributed by atoms with Crippen molar-refractivity contribution in [3.63, 3.8) is 0 Å². The molecule has 1 saturated heterocycles. The van der Waals surface area contributed by atoms with Gasteiger partial charge in [0.15, 0.2) is 0 Å². The Kier molecular flexibility index (Phi) is 4.76. The number of hydrogen-bond donors (Lipinski definition) is 1. The second kappa shape index (κ2) is 6.13. The summed E-state index contributed by atoms with van der Waals surface area (Å²) in [5.74, 6) is 0.821. The number of hydrogen-bond acceptors (Lipinski definition) is 4. The van der Waals surface area contributed by atoms with Gasteiger partial charge in [0.05, 0.1) is 10.7 Å². The third-order valence-corrected chi connectivity index (χ3v) is 5.11. The zero-order valence-corrected chi connectivity index (χ0v) is 12.8. The number of thiazole rings is 1. The predicted octanol–water partition coefficient (Wildman–Crippen LogP) is 2.75. The minimum absolute atomic E-state index is 0.530. The van der Waals surface area contributed by atoms with Gasteiger partial charge in [-0.25, -0.2) is 4.98 Å². The predicted molar refractivity (Wildman–Crippen MR) is 78.2 cm³/mol. The molecule has 0 radical (unpaired) electrons. The second-order valence-corrected chi connectivity index (χ2v) is 6.55. The Balaban J connectivity index is 1.94. The van der Waals surface area contributed by atoms with E-state index in [1.807, 2.05) is 11.3 Å². The van der Waals surface area contributed by atoms with Crippen LogP contribution in [0.1, 0.15) is 41.9 Å². The van der Waals surface area contributed by atoms with Crippen LogP contribution in [0, 0.1) is 19.8 Å². The van der Waals surface area contributed by atoms with E-state index < -0.39 is 0 Å². The van der Waals surface area contributed by atoms with Crippen LogP contribution < -0.4 is 5.32 Å². The largest absolute Gasteiger partial charge is 0.317 e. The van der Waals surface area contributed by atoms with Gasteiger partial charge in [0.25, 0.3) is 0 Å². The molecule has 1 aliphatic rings. The summed E-state index contributed by atoms with van der Waals surface area (Å²) >= 11 is 1.86. The van der Waals surface area contributed by atoms with E-state index in [-0.39, 0.29) is 0 Å². The first-order valence-electron chi connectivity index (χ1n) is 7.00. The monoisotopic (exact) mass is 267 g/mol. The Labute approximate surface area is 115 Å². The van der Waals surface area contributed by atoms with E-state index in [1.54, 1.807) is 0 Å². The average molecular weight is 267 g/mol. The summed E-state index contributed by atoms with van der Waals surface area (Å²) in [6.45, 7) is 13.5. The van der Waals surface area contributed by atoms with Crippen LogP contribution in [0.3, 0.4) is 0 Å². The maximum absolute atomic E-state index is 4.55. The molecule has 0 amide bonds. The third kappa shape index (κ3) is 3.11. The summed E-state index contributed by atoms with van der Waals surface area (Å²) in [7, 11) is 0. The minimum Gasteiger partial charge on any atom is -0.317 e. The summed E-state index contributed by atoms with van der Waals surface area (Å²) in [6, 6.07) is 0.530. The van der Waals surface area contributed by atoms with Crippen molar-refractivity contribution in [1.82, 2.24) is 15.2 Å². The number of nitrogens with one attached hydrogen (secondary N) is 1. The van der Waals surface area contributed by atoms with Crippen molar-refractivity contribution in [1.29, 1.82) is 0 Å². The summed E-state index contributed by atoms with van der Waals surface area (Å²) in [5, 5.41) is 4.66. The van der Waals surface area contributed by atoms with Crippen molar-refractivity contribution in [2.45, 2.75) is 40.2 Å². The van der Waals surface area contributed by atoms with E-state index in [9.17, 15) is 0 Å². The molecule has 2 heterocycles. The van der Waals surface area contributed by atoms with E-state index in [4.69, 9.17) is 0 Å². The molecule has 0 aliphatic carbocycles. The third-order valence-electron chi connectivity index (χ3n) is 3.87. The molecule has 4 heteroatoms. The first-order chi connectivity index (χ1) is 8.61. The van der Waals surface area contributed by atoms with Gasteiger partial charge in [-0.3, -0.25) is 4.90 Å². The lowest BCUT2D eigenvalue weighted by molar-refractivity contribution is 0.254. The lowest BCUT2D eigenvalue weighted by Gasteiger charge is -2.23. The first-order valence-corrected chi connectivity index (χ1v) is 7.82. The van der Waals surface area contributed by atoms with Gasteiger partial charge in [0.1, 0.15) is 0 Å². The highest BCUT2D eigenvalue weighted by molar-refractivity contribution is 7.11. The highest BCUT2D eigenvalue weighted by Gasteiger charge is 2.28. The summed E-state index contributed by atoms with van der Waals surface area (Å²) in [4.78, 5) is 8.62. The first kappa shape index (κ1) is 14.0. The van der Waals surface area contributed by atoms with Crippen LogP contribution in [0.4, 0.5) is 0 Å². The van der Waals surface area contributed by atoms with Gasteiger partial charge in [-0.05, 0) is 52.7 Å². The van der Waals surface area contributed by atoms with E-state index in [0.29, 0.717) is 6.04 Å². The van der Waals surface area contributed by atoms with Crippen LogP contribution in [0.25, 0.3) is 0 Å². The van der Waals surface area contributed by atoms with Gasteiger partial charge >= 0.3 is 0 Å². The van der Waals surface area contributed by atoms with Crippen molar-refractivity contribution in [3.05, 3.63) is 15.6 Å². The fourth-order valence-electron chi connectivity index (χ4n) is 2.83. The van der Waals surface area contributed by atoms with Crippen LogP contribution in [0.2, 0.25) is 0 Å². The van der Waals surface area contributed by atoms with Crippen molar-refractivity contribution < 1.29 is 0 Å². The Morgan fingerprint density at radius 1 is 1.50 bits per heavy atom. The van der Waals surface area contributed by atoms with Crippen LogP contribution >= 0.6 is 11.3 Å². The molecular formula is C14H25N3S. The second-order valence-electron chi connectivity index (χ2n) is 5.32. The summed E-state index contributed by atoms with van der Waals surface area (Å²) in [5.41, 5.74) is 1.22. The topological polar surface area (TPSA) is 28.2 Å². The van der Waals surface area contributed by atoms with Gasteiger partial charge in [0, 0.05) is 17.5 Å². The Morgan fingerprint density at radius 3 is 2.89 bits per heavy atom. The highest BCUT2D eigenvalue weighted by Crippen LogP contribution is 2.32.